The average molecular weight is 430 g/mol. The van der Waals surface area contributed by atoms with Gasteiger partial charge in [-0.1, -0.05) is 54.1 Å². The summed E-state index contributed by atoms with van der Waals surface area (Å²) < 4.78 is 28.2. The maximum atomic E-state index is 13.6. The minimum absolute atomic E-state index is 0.0341. The number of aromatic carboxylic acids is 1. The van der Waals surface area contributed by atoms with Crippen LogP contribution >= 0.6 is 0 Å². The predicted molar refractivity (Wildman–Crippen MR) is 120 cm³/mol. The van der Waals surface area contributed by atoms with Crippen molar-refractivity contribution in [2.45, 2.75) is 11.8 Å². The van der Waals surface area contributed by atoms with Gasteiger partial charge < -0.3 is 10.1 Å². The third-order valence-corrected chi connectivity index (χ3v) is 7.18. The summed E-state index contributed by atoms with van der Waals surface area (Å²) in [5.74, 6) is -1.31. The van der Waals surface area contributed by atoms with Gasteiger partial charge in [0.1, 0.15) is 0 Å². The van der Waals surface area contributed by atoms with Crippen LogP contribution in [0.15, 0.2) is 83.9 Å². The summed E-state index contributed by atoms with van der Waals surface area (Å²) in [5, 5.41) is 11.6. The minimum Gasteiger partial charge on any atom is -0.477 e. The molecule has 0 bridgehead atoms. The molecule has 7 heteroatoms. The zero-order valence-corrected chi connectivity index (χ0v) is 17.3. The van der Waals surface area contributed by atoms with E-state index in [-0.39, 0.29) is 10.6 Å². The number of carboxylic acid groups (broad SMARTS) is 1. The van der Waals surface area contributed by atoms with E-state index in [1.807, 2.05) is 31.2 Å². The number of fused-ring (bicyclic) bond motifs is 2. The number of carbonyl (C=O) groups is 1. The quantitative estimate of drug-likeness (QED) is 0.418. The number of aryl methyl sites for hydroxylation is 1. The highest BCUT2D eigenvalue weighted by molar-refractivity contribution is 7.90. The SMILES string of the molecule is Cc1ccc(S(=O)(=O)n2c(C(=O)O)c(-c3c[nH]c4ccccc34)c3ccccc32)cc1. The van der Waals surface area contributed by atoms with Gasteiger partial charge in [0.2, 0.25) is 0 Å². The molecule has 2 N–H and O–H groups in total. The molecule has 0 aliphatic carbocycles. The summed E-state index contributed by atoms with van der Waals surface area (Å²) in [6.45, 7) is 1.86. The van der Waals surface area contributed by atoms with E-state index < -0.39 is 16.0 Å². The Morgan fingerprint density at radius 1 is 0.903 bits per heavy atom. The molecule has 0 radical (unpaired) electrons. The Morgan fingerprint density at radius 2 is 1.55 bits per heavy atom. The number of hydrogen-bond donors (Lipinski definition) is 2. The fourth-order valence-corrected chi connectivity index (χ4v) is 5.54. The summed E-state index contributed by atoms with van der Waals surface area (Å²) >= 11 is 0. The monoisotopic (exact) mass is 430 g/mol. The number of aromatic nitrogens is 2. The van der Waals surface area contributed by atoms with Crippen molar-refractivity contribution in [3.63, 3.8) is 0 Å². The van der Waals surface area contributed by atoms with Crippen molar-refractivity contribution < 1.29 is 18.3 Å². The van der Waals surface area contributed by atoms with Crippen LogP contribution < -0.4 is 0 Å². The Hall–Kier alpha value is -3.84. The van der Waals surface area contributed by atoms with Crippen LogP contribution in [0.1, 0.15) is 16.1 Å². The largest absolute Gasteiger partial charge is 0.477 e. The van der Waals surface area contributed by atoms with Crippen molar-refractivity contribution in [3.05, 3.63) is 90.3 Å². The Kier molecular flexibility index (Phi) is 4.23. The molecule has 0 unspecified atom stereocenters. The molecule has 0 aliphatic heterocycles. The van der Waals surface area contributed by atoms with E-state index in [9.17, 15) is 18.3 Å². The van der Waals surface area contributed by atoms with E-state index in [0.717, 1.165) is 20.4 Å². The normalized spacial score (nSPS) is 11.9. The van der Waals surface area contributed by atoms with Gasteiger partial charge >= 0.3 is 5.97 Å². The number of H-pyrrole nitrogens is 1. The number of para-hydroxylation sites is 2. The van der Waals surface area contributed by atoms with Crippen LogP contribution in [-0.4, -0.2) is 28.5 Å². The molecule has 0 aliphatic rings. The van der Waals surface area contributed by atoms with Gasteiger partial charge in [-0.3, -0.25) is 0 Å². The fourth-order valence-electron chi connectivity index (χ4n) is 4.02. The molecule has 2 heterocycles. The highest BCUT2D eigenvalue weighted by Crippen LogP contribution is 2.40. The molecular weight excluding hydrogens is 412 g/mol. The average Bonchev–Trinajstić information content (AvgIpc) is 3.33. The summed E-state index contributed by atoms with van der Waals surface area (Å²) in [6, 6.07) is 20.8. The molecule has 154 valence electrons. The molecule has 6 nitrogen and oxygen atoms in total. The Bertz CT molecular complexity index is 1580. The zero-order valence-electron chi connectivity index (χ0n) is 16.5. The fraction of sp³-hybridized carbons (Fsp3) is 0.0417. The van der Waals surface area contributed by atoms with E-state index in [1.165, 1.54) is 12.1 Å². The number of nitrogens with zero attached hydrogens (tertiary/aromatic N) is 1. The highest BCUT2D eigenvalue weighted by atomic mass is 32.2. The molecule has 3 aromatic carbocycles. The molecule has 0 saturated heterocycles. The lowest BCUT2D eigenvalue weighted by atomic mass is 10.0. The summed E-state index contributed by atoms with van der Waals surface area (Å²) in [5.41, 5.74) is 2.80. The number of rotatable bonds is 4. The topological polar surface area (TPSA) is 92.2 Å². The first-order valence-corrected chi connectivity index (χ1v) is 11.1. The van der Waals surface area contributed by atoms with Crippen LogP contribution in [-0.2, 0) is 10.0 Å². The maximum Gasteiger partial charge on any atom is 0.354 e. The van der Waals surface area contributed by atoms with Crippen LogP contribution in [0.5, 0.6) is 0 Å². The van der Waals surface area contributed by atoms with E-state index in [2.05, 4.69) is 4.98 Å². The third kappa shape index (κ3) is 2.85. The molecule has 0 fully saturated rings. The van der Waals surface area contributed by atoms with Gasteiger partial charge in [0, 0.05) is 33.6 Å². The lowest BCUT2D eigenvalue weighted by Gasteiger charge is -2.11. The van der Waals surface area contributed by atoms with Gasteiger partial charge in [-0.2, -0.15) is 0 Å². The van der Waals surface area contributed by atoms with Crippen molar-refractivity contribution in [1.29, 1.82) is 0 Å². The van der Waals surface area contributed by atoms with Gasteiger partial charge in [-0.25, -0.2) is 17.2 Å². The lowest BCUT2D eigenvalue weighted by molar-refractivity contribution is 0.0690. The minimum atomic E-state index is -4.16. The summed E-state index contributed by atoms with van der Waals surface area (Å²) in [6.07, 6.45) is 1.72. The number of aromatic amines is 1. The number of carboxylic acids is 1. The molecule has 0 atom stereocenters. The second-order valence-electron chi connectivity index (χ2n) is 7.38. The standard InChI is InChI=1S/C24H18N2O4S/c1-15-10-12-16(13-11-15)31(29,30)26-21-9-5-3-7-18(21)22(23(26)24(27)28)19-14-25-20-8-4-2-6-17(19)20/h2-14,25H,1H3,(H,27,28). The number of hydrogen-bond acceptors (Lipinski definition) is 3. The molecular formula is C24H18N2O4S. The number of nitrogens with one attached hydrogen (secondary N) is 1. The summed E-state index contributed by atoms with van der Waals surface area (Å²) in [4.78, 5) is 15.7. The molecule has 0 spiro atoms. The van der Waals surface area contributed by atoms with Gasteiger partial charge in [0.05, 0.1) is 10.4 Å². The second kappa shape index (κ2) is 6.85. The van der Waals surface area contributed by atoms with Gasteiger partial charge in [0.25, 0.3) is 10.0 Å². The van der Waals surface area contributed by atoms with Crippen molar-refractivity contribution >= 4 is 37.8 Å². The van der Waals surface area contributed by atoms with Crippen molar-refractivity contribution in [3.8, 4) is 11.1 Å². The van der Waals surface area contributed by atoms with E-state index in [1.54, 1.807) is 42.6 Å². The van der Waals surface area contributed by atoms with Gasteiger partial charge in [0.15, 0.2) is 5.69 Å². The van der Waals surface area contributed by atoms with Crippen LogP contribution in [0, 0.1) is 6.92 Å². The first kappa shape index (κ1) is 19.1. The Morgan fingerprint density at radius 3 is 2.26 bits per heavy atom. The summed E-state index contributed by atoms with van der Waals surface area (Å²) in [7, 11) is -4.16. The predicted octanol–water partition coefficient (Wildman–Crippen LogP) is 5.03. The van der Waals surface area contributed by atoms with Crippen LogP contribution in [0.2, 0.25) is 0 Å². The second-order valence-corrected chi connectivity index (χ2v) is 9.16. The van der Waals surface area contributed by atoms with E-state index >= 15 is 0 Å². The Labute approximate surface area is 178 Å². The lowest BCUT2D eigenvalue weighted by Crippen LogP contribution is -2.19. The van der Waals surface area contributed by atoms with Crippen molar-refractivity contribution in [1.82, 2.24) is 8.96 Å². The van der Waals surface area contributed by atoms with Crippen molar-refractivity contribution in [2.24, 2.45) is 0 Å². The van der Waals surface area contributed by atoms with Crippen molar-refractivity contribution in [2.75, 3.05) is 0 Å². The first-order valence-electron chi connectivity index (χ1n) is 9.65. The smallest absolute Gasteiger partial charge is 0.354 e. The van der Waals surface area contributed by atoms with Crippen LogP contribution in [0.3, 0.4) is 0 Å². The van der Waals surface area contributed by atoms with Gasteiger partial charge in [-0.15, -0.1) is 0 Å². The van der Waals surface area contributed by atoms with E-state index in [4.69, 9.17) is 0 Å². The third-order valence-electron chi connectivity index (χ3n) is 5.45. The molecule has 0 amide bonds. The maximum absolute atomic E-state index is 13.6. The van der Waals surface area contributed by atoms with Gasteiger partial charge in [-0.05, 0) is 31.2 Å². The zero-order chi connectivity index (χ0) is 21.8. The molecule has 0 saturated carbocycles. The van der Waals surface area contributed by atoms with E-state index in [0.29, 0.717) is 22.0 Å². The Balaban J connectivity index is 1.93. The molecule has 5 aromatic rings. The van der Waals surface area contributed by atoms with Crippen LogP contribution in [0.4, 0.5) is 0 Å². The van der Waals surface area contributed by atoms with Crippen LogP contribution in [0.25, 0.3) is 32.9 Å². The highest BCUT2D eigenvalue weighted by Gasteiger charge is 2.31. The molecule has 2 aromatic heterocycles. The first-order chi connectivity index (χ1) is 14.9. The molecule has 5 rings (SSSR count). The number of benzene rings is 3. The molecule has 31 heavy (non-hydrogen) atoms.